The molecule has 0 amide bonds. The molecule has 1 aliphatic rings. The molecular weight excluding hydrogens is 198 g/mol. The third kappa shape index (κ3) is 3.28. The van der Waals surface area contributed by atoms with Gasteiger partial charge in [-0.2, -0.15) is 0 Å². The SMILES string of the molecule is CC(=O)C(C)OC(=O)C1COCCN1C. The second-order valence-corrected chi connectivity index (χ2v) is 3.76. The van der Waals surface area contributed by atoms with Crippen molar-refractivity contribution < 1.29 is 19.1 Å². The lowest BCUT2D eigenvalue weighted by Crippen LogP contribution is -2.49. The van der Waals surface area contributed by atoms with Gasteiger partial charge in [0, 0.05) is 6.54 Å². The molecule has 0 aliphatic carbocycles. The normalized spacial score (nSPS) is 24.6. The highest BCUT2D eigenvalue weighted by Crippen LogP contribution is 2.07. The maximum atomic E-state index is 11.6. The minimum Gasteiger partial charge on any atom is -0.453 e. The molecule has 1 fully saturated rings. The molecule has 0 saturated carbocycles. The Bertz CT molecular complexity index is 254. The molecule has 5 nitrogen and oxygen atoms in total. The lowest BCUT2D eigenvalue weighted by atomic mass is 10.2. The number of likely N-dealkylation sites (N-methyl/N-ethyl adjacent to an activating group) is 1. The summed E-state index contributed by atoms with van der Waals surface area (Å²) in [5, 5.41) is 0. The van der Waals surface area contributed by atoms with Gasteiger partial charge < -0.3 is 9.47 Å². The van der Waals surface area contributed by atoms with Gasteiger partial charge in [0.15, 0.2) is 11.9 Å². The highest BCUT2D eigenvalue weighted by molar-refractivity contribution is 5.84. The molecule has 1 saturated heterocycles. The number of nitrogens with zero attached hydrogens (tertiary/aromatic N) is 1. The van der Waals surface area contributed by atoms with Crippen molar-refractivity contribution >= 4 is 11.8 Å². The maximum Gasteiger partial charge on any atom is 0.326 e. The van der Waals surface area contributed by atoms with Gasteiger partial charge in [-0.1, -0.05) is 0 Å². The van der Waals surface area contributed by atoms with E-state index >= 15 is 0 Å². The Hall–Kier alpha value is -0.940. The van der Waals surface area contributed by atoms with Crippen LogP contribution in [-0.4, -0.2) is 55.6 Å². The third-order valence-corrected chi connectivity index (χ3v) is 2.53. The van der Waals surface area contributed by atoms with Crippen molar-refractivity contribution in [1.82, 2.24) is 4.90 Å². The number of Topliss-reactive ketones (excluding diaryl/α,β-unsaturated/α-hetero) is 1. The maximum absolute atomic E-state index is 11.6. The van der Waals surface area contributed by atoms with Crippen LogP contribution in [0.2, 0.25) is 0 Å². The molecule has 0 aromatic rings. The number of carbonyl (C=O) groups is 2. The highest BCUT2D eigenvalue weighted by Gasteiger charge is 2.29. The zero-order valence-electron chi connectivity index (χ0n) is 9.36. The van der Waals surface area contributed by atoms with Crippen LogP contribution < -0.4 is 0 Å². The van der Waals surface area contributed by atoms with Crippen molar-refractivity contribution in [3.63, 3.8) is 0 Å². The van der Waals surface area contributed by atoms with Crippen LogP contribution in [0.25, 0.3) is 0 Å². The monoisotopic (exact) mass is 215 g/mol. The summed E-state index contributed by atoms with van der Waals surface area (Å²) >= 11 is 0. The van der Waals surface area contributed by atoms with E-state index in [4.69, 9.17) is 9.47 Å². The molecule has 1 aliphatic heterocycles. The topological polar surface area (TPSA) is 55.8 Å². The van der Waals surface area contributed by atoms with E-state index in [0.29, 0.717) is 19.8 Å². The second kappa shape index (κ2) is 5.23. The Balaban J connectivity index is 2.48. The zero-order valence-corrected chi connectivity index (χ0v) is 9.36. The van der Waals surface area contributed by atoms with Crippen LogP contribution >= 0.6 is 0 Å². The summed E-state index contributed by atoms with van der Waals surface area (Å²) in [5.41, 5.74) is 0. The van der Waals surface area contributed by atoms with E-state index in [1.807, 2.05) is 11.9 Å². The van der Waals surface area contributed by atoms with Gasteiger partial charge in [0.1, 0.15) is 6.04 Å². The summed E-state index contributed by atoms with van der Waals surface area (Å²) in [6.07, 6.45) is -0.673. The molecule has 0 aromatic carbocycles. The number of ketones is 1. The highest BCUT2D eigenvalue weighted by atomic mass is 16.6. The van der Waals surface area contributed by atoms with Gasteiger partial charge in [-0.05, 0) is 20.9 Å². The van der Waals surface area contributed by atoms with Gasteiger partial charge in [0.05, 0.1) is 13.2 Å². The molecule has 0 radical (unpaired) electrons. The van der Waals surface area contributed by atoms with Crippen molar-refractivity contribution in [2.45, 2.75) is 26.0 Å². The van der Waals surface area contributed by atoms with Crippen LogP contribution in [0, 0.1) is 0 Å². The predicted octanol–water partition coefficient (Wildman–Crippen LogP) is -0.162. The third-order valence-electron chi connectivity index (χ3n) is 2.53. The molecule has 0 aromatic heterocycles. The smallest absolute Gasteiger partial charge is 0.326 e. The summed E-state index contributed by atoms with van der Waals surface area (Å²) < 4.78 is 10.2. The number of esters is 1. The van der Waals surface area contributed by atoms with E-state index in [1.54, 1.807) is 6.92 Å². The lowest BCUT2D eigenvalue weighted by molar-refractivity contribution is -0.163. The minimum atomic E-state index is -0.673. The van der Waals surface area contributed by atoms with Gasteiger partial charge >= 0.3 is 5.97 Å². The largest absolute Gasteiger partial charge is 0.453 e. The van der Waals surface area contributed by atoms with Crippen LogP contribution in [0.5, 0.6) is 0 Å². The van der Waals surface area contributed by atoms with Gasteiger partial charge in [-0.3, -0.25) is 14.5 Å². The van der Waals surface area contributed by atoms with Gasteiger partial charge in [0.25, 0.3) is 0 Å². The Morgan fingerprint density at radius 2 is 2.20 bits per heavy atom. The van der Waals surface area contributed by atoms with Gasteiger partial charge in [-0.25, -0.2) is 0 Å². The van der Waals surface area contributed by atoms with E-state index < -0.39 is 6.10 Å². The first kappa shape index (κ1) is 12.1. The minimum absolute atomic E-state index is 0.150. The number of rotatable bonds is 3. The molecular formula is C10H17NO4. The molecule has 5 heteroatoms. The van der Waals surface area contributed by atoms with E-state index in [1.165, 1.54) is 6.92 Å². The predicted molar refractivity (Wildman–Crippen MR) is 53.5 cm³/mol. The van der Waals surface area contributed by atoms with Crippen molar-refractivity contribution in [1.29, 1.82) is 0 Å². The summed E-state index contributed by atoms with van der Waals surface area (Å²) in [6, 6.07) is -0.388. The number of hydrogen-bond acceptors (Lipinski definition) is 5. The zero-order chi connectivity index (χ0) is 11.4. The van der Waals surface area contributed by atoms with Gasteiger partial charge in [0.2, 0.25) is 0 Å². The van der Waals surface area contributed by atoms with Crippen molar-refractivity contribution in [2.24, 2.45) is 0 Å². The fourth-order valence-electron chi connectivity index (χ4n) is 1.27. The molecule has 15 heavy (non-hydrogen) atoms. The van der Waals surface area contributed by atoms with Crippen molar-refractivity contribution in [2.75, 3.05) is 26.8 Å². The van der Waals surface area contributed by atoms with E-state index in [2.05, 4.69) is 0 Å². The van der Waals surface area contributed by atoms with Crippen molar-refractivity contribution in [3.8, 4) is 0 Å². The second-order valence-electron chi connectivity index (χ2n) is 3.76. The molecule has 1 heterocycles. The van der Waals surface area contributed by atoms with Crippen LogP contribution in [0.3, 0.4) is 0 Å². The van der Waals surface area contributed by atoms with Crippen LogP contribution in [0.4, 0.5) is 0 Å². The number of carbonyl (C=O) groups excluding carboxylic acids is 2. The van der Waals surface area contributed by atoms with Gasteiger partial charge in [-0.15, -0.1) is 0 Å². The molecule has 86 valence electrons. The number of ether oxygens (including phenoxy) is 2. The molecule has 2 unspecified atom stereocenters. The van der Waals surface area contributed by atoms with Crippen LogP contribution in [0.15, 0.2) is 0 Å². The Kier molecular flexibility index (Phi) is 4.23. The molecule has 0 N–H and O–H groups in total. The summed E-state index contributed by atoms with van der Waals surface area (Å²) in [4.78, 5) is 24.4. The fourth-order valence-corrected chi connectivity index (χ4v) is 1.27. The molecule has 0 spiro atoms. The summed E-state index contributed by atoms with van der Waals surface area (Å²) in [5.74, 6) is -0.539. The van der Waals surface area contributed by atoms with E-state index in [-0.39, 0.29) is 17.8 Å². The quantitative estimate of drug-likeness (QED) is 0.612. The Labute approximate surface area is 89.3 Å². The molecule has 1 rings (SSSR count). The summed E-state index contributed by atoms with van der Waals surface area (Å²) in [6.45, 7) is 4.64. The van der Waals surface area contributed by atoms with Crippen molar-refractivity contribution in [3.05, 3.63) is 0 Å². The number of morpholine rings is 1. The Morgan fingerprint density at radius 3 is 2.73 bits per heavy atom. The lowest BCUT2D eigenvalue weighted by Gasteiger charge is -2.31. The molecule has 0 bridgehead atoms. The number of hydrogen-bond donors (Lipinski definition) is 0. The molecule has 2 atom stereocenters. The first-order valence-corrected chi connectivity index (χ1v) is 5.01. The average Bonchev–Trinajstić information content (AvgIpc) is 2.18. The van der Waals surface area contributed by atoms with Crippen LogP contribution in [0.1, 0.15) is 13.8 Å². The van der Waals surface area contributed by atoms with Crippen LogP contribution in [-0.2, 0) is 19.1 Å². The van der Waals surface area contributed by atoms with E-state index in [9.17, 15) is 9.59 Å². The average molecular weight is 215 g/mol. The first-order chi connectivity index (χ1) is 7.02. The summed E-state index contributed by atoms with van der Waals surface area (Å²) in [7, 11) is 1.84. The first-order valence-electron chi connectivity index (χ1n) is 5.01. The standard InChI is InChI=1S/C10H17NO4/c1-7(12)8(2)15-10(13)9-6-14-5-4-11(9)3/h8-9H,4-6H2,1-3H3. The fraction of sp³-hybridized carbons (Fsp3) is 0.800. The Morgan fingerprint density at radius 1 is 1.53 bits per heavy atom. The van der Waals surface area contributed by atoms with E-state index in [0.717, 1.165) is 0 Å².